The number of rotatable bonds is 1. The molecule has 0 radical (unpaired) electrons. The largest absolute Gasteiger partial charge is 0.381 e. The van der Waals surface area contributed by atoms with Gasteiger partial charge in [-0.15, -0.1) is 0 Å². The van der Waals surface area contributed by atoms with Crippen LogP contribution >= 0.6 is 0 Å². The number of methoxy groups -OCH3 is 1. The van der Waals surface area contributed by atoms with E-state index in [9.17, 15) is 0 Å². The molecule has 1 heterocycles. The quantitative estimate of drug-likeness (QED) is 0.456. The van der Waals surface area contributed by atoms with Crippen molar-refractivity contribution in [3.63, 3.8) is 0 Å². The zero-order valence-corrected chi connectivity index (χ0v) is 7.26. The number of likely N-dealkylation sites (tertiary alicyclic amines) is 1. The predicted molar refractivity (Wildman–Crippen MR) is 45.0 cm³/mol. The number of hydrogen-bond acceptors (Lipinski definition) is 2. The number of hydrogen-bond donors (Lipinski definition) is 1. The molecule has 1 aliphatic rings. The Labute approximate surface area is 67.8 Å². The molecule has 1 saturated heterocycles. The van der Waals surface area contributed by atoms with Gasteiger partial charge in [0.1, 0.15) is 0 Å². The van der Waals surface area contributed by atoms with Gasteiger partial charge in [0.25, 0.3) is 0 Å². The van der Waals surface area contributed by atoms with Crippen molar-refractivity contribution >= 4 is 5.84 Å². The zero-order chi connectivity index (χ0) is 8.27. The van der Waals surface area contributed by atoms with Gasteiger partial charge in [-0.2, -0.15) is 0 Å². The molecule has 64 valence electrons. The number of nitrogens with zero attached hydrogens (tertiary/aromatic N) is 1. The summed E-state index contributed by atoms with van der Waals surface area (Å²) in [5.74, 6) is 0.680. The zero-order valence-electron chi connectivity index (χ0n) is 7.26. The third-order valence-electron chi connectivity index (χ3n) is 2.25. The molecule has 0 aliphatic carbocycles. The van der Waals surface area contributed by atoms with E-state index in [0.717, 1.165) is 25.9 Å². The molecule has 3 nitrogen and oxygen atoms in total. The van der Waals surface area contributed by atoms with Crippen molar-refractivity contribution in [2.24, 2.45) is 0 Å². The molecule has 1 N–H and O–H groups in total. The van der Waals surface area contributed by atoms with Crippen LogP contribution in [0.1, 0.15) is 19.8 Å². The van der Waals surface area contributed by atoms with Gasteiger partial charge >= 0.3 is 0 Å². The van der Waals surface area contributed by atoms with Gasteiger partial charge in [0, 0.05) is 20.2 Å². The van der Waals surface area contributed by atoms with E-state index in [1.54, 1.807) is 7.11 Å². The highest BCUT2D eigenvalue weighted by Gasteiger charge is 2.18. The first-order chi connectivity index (χ1) is 5.24. The summed E-state index contributed by atoms with van der Waals surface area (Å²) >= 11 is 0. The van der Waals surface area contributed by atoms with Gasteiger partial charge in [0.15, 0.2) is 0 Å². The van der Waals surface area contributed by atoms with Crippen molar-refractivity contribution in [3.05, 3.63) is 0 Å². The normalized spacial score (nSPS) is 20.4. The number of piperidine rings is 1. The fourth-order valence-electron chi connectivity index (χ4n) is 1.43. The Bertz CT molecular complexity index is 139. The van der Waals surface area contributed by atoms with Crippen molar-refractivity contribution in [2.75, 3.05) is 20.2 Å². The molecular weight excluding hydrogens is 140 g/mol. The van der Waals surface area contributed by atoms with Gasteiger partial charge in [0.05, 0.1) is 11.9 Å². The smallest absolute Gasteiger partial charge is 0.0925 e. The lowest BCUT2D eigenvalue weighted by molar-refractivity contribution is 0.0576. The maximum atomic E-state index is 7.40. The first-order valence-electron chi connectivity index (χ1n) is 4.07. The fourth-order valence-corrected chi connectivity index (χ4v) is 1.43. The fraction of sp³-hybridized carbons (Fsp3) is 0.875. The lowest BCUT2D eigenvalue weighted by atomic mass is 10.1. The summed E-state index contributed by atoms with van der Waals surface area (Å²) in [5, 5.41) is 7.40. The van der Waals surface area contributed by atoms with Gasteiger partial charge in [0.2, 0.25) is 0 Å². The Morgan fingerprint density at radius 1 is 1.45 bits per heavy atom. The average Bonchev–Trinajstić information content (AvgIpc) is 2.05. The summed E-state index contributed by atoms with van der Waals surface area (Å²) in [5.41, 5.74) is 0. The summed E-state index contributed by atoms with van der Waals surface area (Å²) in [7, 11) is 1.76. The van der Waals surface area contributed by atoms with E-state index >= 15 is 0 Å². The van der Waals surface area contributed by atoms with Crippen molar-refractivity contribution < 1.29 is 4.74 Å². The molecule has 1 fully saturated rings. The Kier molecular flexibility index (Phi) is 2.88. The van der Waals surface area contributed by atoms with Gasteiger partial charge in [-0.25, -0.2) is 0 Å². The second kappa shape index (κ2) is 3.72. The minimum Gasteiger partial charge on any atom is -0.381 e. The molecule has 0 aromatic carbocycles. The van der Waals surface area contributed by atoms with E-state index in [4.69, 9.17) is 10.1 Å². The number of ether oxygens (including phenoxy) is 1. The number of nitrogens with one attached hydrogen (secondary N) is 1. The Hall–Kier alpha value is -0.570. The van der Waals surface area contributed by atoms with E-state index < -0.39 is 0 Å². The van der Waals surface area contributed by atoms with Crippen LogP contribution in [0.3, 0.4) is 0 Å². The highest BCUT2D eigenvalue weighted by molar-refractivity contribution is 5.76. The molecule has 3 heteroatoms. The van der Waals surface area contributed by atoms with Crippen LogP contribution in [-0.2, 0) is 4.74 Å². The van der Waals surface area contributed by atoms with Crippen molar-refractivity contribution in [1.82, 2.24) is 4.90 Å². The minimum absolute atomic E-state index is 0.422. The van der Waals surface area contributed by atoms with Crippen LogP contribution in [0.15, 0.2) is 0 Å². The molecule has 0 spiro atoms. The molecule has 0 bridgehead atoms. The summed E-state index contributed by atoms with van der Waals surface area (Å²) in [6.45, 7) is 3.80. The van der Waals surface area contributed by atoms with Gasteiger partial charge in [-0.05, 0) is 19.8 Å². The van der Waals surface area contributed by atoms with E-state index in [-0.39, 0.29) is 0 Å². The van der Waals surface area contributed by atoms with E-state index in [0.29, 0.717) is 11.9 Å². The molecule has 0 amide bonds. The molecule has 0 saturated carbocycles. The van der Waals surface area contributed by atoms with Gasteiger partial charge < -0.3 is 9.64 Å². The van der Waals surface area contributed by atoms with Crippen LogP contribution < -0.4 is 0 Å². The highest BCUT2D eigenvalue weighted by Crippen LogP contribution is 2.12. The Morgan fingerprint density at radius 2 is 2.00 bits per heavy atom. The SMILES string of the molecule is COC1CCN(C(C)=N)CC1. The lowest BCUT2D eigenvalue weighted by Gasteiger charge is -2.31. The third-order valence-corrected chi connectivity index (χ3v) is 2.25. The molecule has 0 aromatic heterocycles. The molecule has 1 aliphatic heterocycles. The van der Waals surface area contributed by atoms with Crippen LogP contribution in [0, 0.1) is 5.41 Å². The van der Waals surface area contributed by atoms with E-state index in [2.05, 4.69) is 4.90 Å². The first-order valence-corrected chi connectivity index (χ1v) is 4.07. The van der Waals surface area contributed by atoms with Gasteiger partial charge in [-0.3, -0.25) is 5.41 Å². The van der Waals surface area contributed by atoms with E-state index in [1.807, 2.05) is 6.92 Å². The maximum absolute atomic E-state index is 7.40. The summed E-state index contributed by atoms with van der Waals surface area (Å²) in [6, 6.07) is 0. The standard InChI is InChI=1S/C8H16N2O/c1-7(9)10-5-3-8(11-2)4-6-10/h8-9H,3-6H2,1-2H3. The van der Waals surface area contributed by atoms with Crippen LogP contribution in [-0.4, -0.2) is 37.0 Å². The average molecular weight is 156 g/mol. The first kappa shape index (κ1) is 8.53. The molecule has 0 atom stereocenters. The van der Waals surface area contributed by atoms with Crippen LogP contribution in [0.25, 0.3) is 0 Å². The van der Waals surface area contributed by atoms with Gasteiger partial charge in [-0.1, -0.05) is 0 Å². The lowest BCUT2D eigenvalue weighted by Crippen LogP contribution is -2.39. The topological polar surface area (TPSA) is 36.3 Å². The second-order valence-corrected chi connectivity index (χ2v) is 3.01. The molecular formula is C8H16N2O. The molecule has 1 rings (SSSR count). The molecule has 11 heavy (non-hydrogen) atoms. The summed E-state index contributed by atoms with van der Waals surface area (Å²) in [6.07, 6.45) is 2.55. The summed E-state index contributed by atoms with van der Waals surface area (Å²) in [4.78, 5) is 2.09. The van der Waals surface area contributed by atoms with E-state index in [1.165, 1.54) is 0 Å². The van der Waals surface area contributed by atoms with Crippen LogP contribution in [0.2, 0.25) is 0 Å². The van der Waals surface area contributed by atoms with Crippen molar-refractivity contribution in [3.8, 4) is 0 Å². The predicted octanol–water partition coefficient (Wildman–Crippen LogP) is 1.09. The monoisotopic (exact) mass is 156 g/mol. The van der Waals surface area contributed by atoms with Crippen molar-refractivity contribution in [2.45, 2.75) is 25.9 Å². The van der Waals surface area contributed by atoms with Crippen LogP contribution in [0.5, 0.6) is 0 Å². The second-order valence-electron chi connectivity index (χ2n) is 3.01. The molecule has 0 unspecified atom stereocenters. The van der Waals surface area contributed by atoms with Crippen LogP contribution in [0.4, 0.5) is 0 Å². The summed E-state index contributed by atoms with van der Waals surface area (Å²) < 4.78 is 5.22. The maximum Gasteiger partial charge on any atom is 0.0925 e. The third kappa shape index (κ3) is 2.19. The van der Waals surface area contributed by atoms with Crippen molar-refractivity contribution in [1.29, 1.82) is 5.41 Å². The highest BCUT2D eigenvalue weighted by atomic mass is 16.5. The Morgan fingerprint density at radius 3 is 2.36 bits per heavy atom. The number of amidine groups is 1. The molecule has 0 aromatic rings. The Balaban J connectivity index is 2.30. The minimum atomic E-state index is 0.422.